The van der Waals surface area contributed by atoms with Crippen LogP contribution in [-0.4, -0.2) is 4.92 Å². The molecular weight excluding hydrogens is 259 g/mol. The maximum atomic E-state index is 12.8. The Kier molecular flexibility index (Phi) is 4.42. The van der Waals surface area contributed by atoms with E-state index >= 15 is 0 Å². The van der Waals surface area contributed by atoms with Crippen LogP contribution >= 0.6 is 0 Å². The number of hydrogen-bond acceptors (Lipinski definition) is 3. The van der Waals surface area contributed by atoms with Gasteiger partial charge < -0.3 is 5.32 Å². The minimum atomic E-state index is -0.389. The molecule has 0 aliphatic carbocycles. The molecule has 0 saturated heterocycles. The van der Waals surface area contributed by atoms with Gasteiger partial charge in [0.15, 0.2) is 0 Å². The van der Waals surface area contributed by atoms with Crippen molar-refractivity contribution in [1.82, 2.24) is 5.32 Å². The van der Waals surface area contributed by atoms with E-state index in [0.717, 1.165) is 5.56 Å². The van der Waals surface area contributed by atoms with Crippen molar-refractivity contribution in [2.24, 2.45) is 0 Å². The molecule has 0 aliphatic rings. The van der Waals surface area contributed by atoms with E-state index in [1.807, 2.05) is 6.92 Å². The standard InChI is InChI=1S/C15H15FN2O2/c1-11(12-6-8-14(16)9-7-12)17-10-13-4-2-3-5-15(13)18(19)20/h2-9,11,17H,10H2,1H3/t11-/m1/s1. The first-order chi connectivity index (χ1) is 9.58. The van der Waals surface area contributed by atoms with Crippen LogP contribution in [0.25, 0.3) is 0 Å². The monoisotopic (exact) mass is 274 g/mol. The molecule has 0 aromatic heterocycles. The molecule has 0 heterocycles. The van der Waals surface area contributed by atoms with Gasteiger partial charge in [0.25, 0.3) is 5.69 Å². The summed E-state index contributed by atoms with van der Waals surface area (Å²) in [6.45, 7) is 2.32. The highest BCUT2D eigenvalue weighted by atomic mass is 19.1. The van der Waals surface area contributed by atoms with Gasteiger partial charge in [-0.25, -0.2) is 4.39 Å². The van der Waals surface area contributed by atoms with E-state index < -0.39 is 0 Å². The van der Waals surface area contributed by atoms with E-state index in [1.165, 1.54) is 18.2 Å². The second kappa shape index (κ2) is 6.25. The molecule has 0 unspecified atom stereocenters. The van der Waals surface area contributed by atoms with Gasteiger partial charge in [-0.15, -0.1) is 0 Å². The topological polar surface area (TPSA) is 55.2 Å². The number of halogens is 1. The van der Waals surface area contributed by atoms with Crippen molar-refractivity contribution in [2.45, 2.75) is 19.5 Å². The Labute approximate surface area is 116 Å². The van der Waals surface area contributed by atoms with Crippen molar-refractivity contribution < 1.29 is 9.31 Å². The first kappa shape index (κ1) is 14.1. The second-order valence-electron chi connectivity index (χ2n) is 4.54. The van der Waals surface area contributed by atoms with Crippen LogP contribution in [0.4, 0.5) is 10.1 Å². The lowest BCUT2D eigenvalue weighted by Gasteiger charge is -2.14. The highest BCUT2D eigenvalue weighted by Crippen LogP contribution is 2.19. The number of nitro benzene ring substituents is 1. The predicted molar refractivity (Wildman–Crippen MR) is 74.8 cm³/mol. The van der Waals surface area contributed by atoms with Crippen LogP contribution in [0, 0.1) is 15.9 Å². The van der Waals surface area contributed by atoms with Gasteiger partial charge in [-0.05, 0) is 24.6 Å². The van der Waals surface area contributed by atoms with Crippen molar-refractivity contribution in [3.8, 4) is 0 Å². The van der Waals surface area contributed by atoms with E-state index in [1.54, 1.807) is 30.3 Å². The van der Waals surface area contributed by atoms with Crippen molar-refractivity contribution >= 4 is 5.69 Å². The van der Waals surface area contributed by atoms with Gasteiger partial charge in [0.2, 0.25) is 0 Å². The molecule has 104 valence electrons. The Morgan fingerprint density at radius 2 is 1.85 bits per heavy atom. The molecule has 0 aliphatic heterocycles. The summed E-state index contributed by atoms with van der Waals surface area (Å²) in [4.78, 5) is 10.5. The number of para-hydroxylation sites is 1. The normalized spacial score (nSPS) is 12.1. The maximum Gasteiger partial charge on any atom is 0.273 e. The fourth-order valence-electron chi connectivity index (χ4n) is 1.97. The number of rotatable bonds is 5. The van der Waals surface area contributed by atoms with Gasteiger partial charge >= 0.3 is 0 Å². The zero-order chi connectivity index (χ0) is 14.5. The number of hydrogen-bond donors (Lipinski definition) is 1. The number of nitrogens with zero attached hydrogens (tertiary/aromatic N) is 1. The summed E-state index contributed by atoms with van der Waals surface area (Å²) in [5.74, 6) is -0.278. The highest BCUT2D eigenvalue weighted by Gasteiger charge is 2.13. The lowest BCUT2D eigenvalue weighted by atomic mass is 10.1. The third-order valence-corrected chi connectivity index (χ3v) is 3.16. The Bertz CT molecular complexity index is 599. The lowest BCUT2D eigenvalue weighted by Crippen LogP contribution is -2.18. The zero-order valence-electron chi connectivity index (χ0n) is 11.0. The molecular formula is C15H15FN2O2. The summed E-state index contributed by atoms with van der Waals surface area (Å²) in [6, 6.07) is 12.8. The van der Waals surface area contributed by atoms with E-state index in [9.17, 15) is 14.5 Å². The average molecular weight is 274 g/mol. The van der Waals surface area contributed by atoms with Crippen molar-refractivity contribution in [3.63, 3.8) is 0 Å². The average Bonchev–Trinajstić information content (AvgIpc) is 2.45. The third-order valence-electron chi connectivity index (χ3n) is 3.16. The first-order valence-electron chi connectivity index (χ1n) is 6.29. The van der Waals surface area contributed by atoms with Crippen LogP contribution in [-0.2, 0) is 6.54 Å². The molecule has 2 rings (SSSR count). The fraction of sp³-hybridized carbons (Fsp3) is 0.200. The second-order valence-corrected chi connectivity index (χ2v) is 4.54. The summed E-state index contributed by atoms with van der Waals surface area (Å²) in [5.41, 5.74) is 1.67. The van der Waals surface area contributed by atoms with Crippen LogP contribution in [0.2, 0.25) is 0 Å². The smallest absolute Gasteiger partial charge is 0.273 e. The zero-order valence-corrected chi connectivity index (χ0v) is 11.0. The van der Waals surface area contributed by atoms with Gasteiger partial charge in [-0.3, -0.25) is 10.1 Å². The molecule has 5 heteroatoms. The summed E-state index contributed by atoms with van der Waals surface area (Å²) in [5, 5.41) is 14.1. The molecule has 20 heavy (non-hydrogen) atoms. The number of benzene rings is 2. The summed E-state index contributed by atoms with van der Waals surface area (Å²) in [6.07, 6.45) is 0. The molecule has 0 amide bonds. The molecule has 0 fully saturated rings. The fourth-order valence-corrected chi connectivity index (χ4v) is 1.97. The van der Waals surface area contributed by atoms with Gasteiger partial charge in [0.05, 0.1) is 4.92 Å². The SMILES string of the molecule is C[C@@H](NCc1ccccc1[N+](=O)[O-])c1ccc(F)cc1. The molecule has 0 spiro atoms. The molecule has 0 saturated carbocycles. The minimum Gasteiger partial charge on any atom is -0.306 e. The molecule has 0 bridgehead atoms. The van der Waals surface area contributed by atoms with Crippen LogP contribution in [0.5, 0.6) is 0 Å². The third kappa shape index (κ3) is 3.39. The van der Waals surface area contributed by atoms with Gasteiger partial charge in [0.1, 0.15) is 5.82 Å². The Morgan fingerprint density at radius 1 is 1.20 bits per heavy atom. The van der Waals surface area contributed by atoms with Crippen LogP contribution in [0.3, 0.4) is 0 Å². The van der Waals surface area contributed by atoms with Crippen molar-refractivity contribution in [3.05, 3.63) is 75.6 Å². The summed E-state index contributed by atoms with van der Waals surface area (Å²) >= 11 is 0. The lowest BCUT2D eigenvalue weighted by molar-refractivity contribution is -0.385. The molecule has 1 N–H and O–H groups in total. The Hall–Kier alpha value is -2.27. The Balaban J connectivity index is 2.05. The van der Waals surface area contributed by atoms with E-state index in [2.05, 4.69) is 5.32 Å². The quantitative estimate of drug-likeness (QED) is 0.669. The van der Waals surface area contributed by atoms with Crippen LogP contribution in [0.1, 0.15) is 24.1 Å². The summed E-state index contributed by atoms with van der Waals surface area (Å²) in [7, 11) is 0. The van der Waals surface area contributed by atoms with Gasteiger partial charge in [0, 0.05) is 24.2 Å². The first-order valence-corrected chi connectivity index (χ1v) is 6.29. The highest BCUT2D eigenvalue weighted by molar-refractivity contribution is 5.39. The Morgan fingerprint density at radius 3 is 2.50 bits per heavy atom. The number of nitrogens with one attached hydrogen (secondary N) is 1. The predicted octanol–water partition coefficient (Wildman–Crippen LogP) is 3.58. The van der Waals surface area contributed by atoms with Crippen molar-refractivity contribution in [1.29, 1.82) is 0 Å². The van der Waals surface area contributed by atoms with E-state index in [0.29, 0.717) is 12.1 Å². The van der Waals surface area contributed by atoms with Gasteiger partial charge in [-0.2, -0.15) is 0 Å². The summed E-state index contributed by atoms with van der Waals surface area (Å²) < 4.78 is 12.8. The van der Waals surface area contributed by atoms with E-state index in [4.69, 9.17) is 0 Å². The van der Waals surface area contributed by atoms with Crippen LogP contribution < -0.4 is 5.32 Å². The van der Waals surface area contributed by atoms with Crippen molar-refractivity contribution in [2.75, 3.05) is 0 Å². The largest absolute Gasteiger partial charge is 0.306 e. The number of nitro groups is 1. The molecule has 2 aromatic rings. The maximum absolute atomic E-state index is 12.8. The molecule has 1 atom stereocenters. The molecule has 0 radical (unpaired) electrons. The van der Waals surface area contributed by atoms with E-state index in [-0.39, 0.29) is 22.5 Å². The molecule has 2 aromatic carbocycles. The minimum absolute atomic E-state index is 0.0181. The van der Waals surface area contributed by atoms with Gasteiger partial charge in [-0.1, -0.05) is 30.3 Å². The van der Waals surface area contributed by atoms with Crippen LogP contribution in [0.15, 0.2) is 48.5 Å². The molecule has 4 nitrogen and oxygen atoms in total.